The summed E-state index contributed by atoms with van der Waals surface area (Å²) < 4.78 is 0.805. The summed E-state index contributed by atoms with van der Waals surface area (Å²) in [6.07, 6.45) is 1.21. The number of rotatable bonds is 13. The second-order valence-electron chi connectivity index (χ2n) is 11.5. The Morgan fingerprint density at radius 2 is 1.73 bits per heavy atom. The van der Waals surface area contributed by atoms with Crippen LogP contribution in [0.5, 0.6) is 5.75 Å². The molecule has 1 amide bonds. The number of hydrogen-bond acceptors (Lipinski definition) is 6. The van der Waals surface area contributed by atoms with Gasteiger partial charge in [0.25, 0.3) is 0 Å². The number of aromatic nitrogens is 1. The van der Waals surface area contributed by atoms with Gasteiger partial charge in [0.2, 0.25) is 5.91 Å². The van der Waals surface area contributed by atoms with Gasteiger partial charge in [-0.05, 0) is 35.6 Å². The smallest absolute Gasteiger partial charge is 0.305 e. The molecule has 0 unspecified atom stereocenters. The van der Waals surface area contributed by atoms with Crippen LogP contribution in [0.15, 0.2) is 47.3 Å². The van der Waals surface area contributed by atoms with Crippen molar-refractivity contribution in [1.29, 1.82) is 0 Å². The van der Waals surface area contributed by atoms with Crippen LogP contribution < -0.4 is 15.5 Å². The Morgan fingerprint density at radius 1 is 1.00 bits per heavy atom. The van der Waals surface area contributed by atoms with Crippen molar-refractivity contribution in [3.8, 4) is 5.75 Å². The van der Waals surface area contributed by atoms with Crippen LogP contribution in [-0.4, -0.2) is 60.2 Å². The highest BCUT2D eigenvalue weighted by atomic mass is 32.1. The second-order valence-corrected chi connectivity index (χ2v) is 12.5. The molecule has 3 aromatic rings. The first kappa shape index (κ1) is 28.9. The lowest BCUT2D eigenvalue weighted by molar-refractivity contribution is -0.132. The molecule has 202 valence electrons. The van der Waals surface area contributed by atoms with Gasteiger partial charge in [-0.25, -0.2) is 0 Å². The third-order valence-corrected chi connectivity index (χ3v) is 7.38. The zero-order valence-electron chi connectivity index (χ0n) is 22.8. The summed E-state index contributed by atoms with van der Waals surface area (Å²) in [6.45, 7) is 15.1. The number of benzene rings is 2. The number of fused-ring (bicyclic) bond motifs is 1. The number of nitrogens with one attached hydrogen (secondary N) is 3. The number of H-pyrrole nitrogens is 1. The Labute approximate surface area is 224 Å². The Bertz CT molecular complexity index is 1210. The van der Waals surface area contributed by atoms with Crippen molar-refractivity contribution in [3.05, 3.63) is 63.3 Å². The maximum atomic E-state index is 13.1. The molecule has 1 aromatic heterocycles. The highest BCUT2D eigenvalue weighted by Crippen LogP contribution is 2.28. The number of phenolic OH excluding ortho intramolecular Hbond substituents is 1. The van der Waals surface area contributed by atoms with Gasteiger partial charge in [0.05, 0.1) is 4.70 Å². The van der Waals surface area contributed by atoms with E-state index in [4.69, 9.17) is 0 Å². The van der Waals surface area contributed by atoms with Gasteiger partial charge in [-0.2, -0.15) is 0 Å². The summed E-state index contributed by atoms with van der Waals surface area (Å²) in [5.41, 5.74) is 2.83. The SMILES string of the molecule is CC(C)(C)CN(CCNCCc1ccc(O)c2[nH]c(=O)sc12)C(=O)CCNCC(C)(C)c1ccccc1. The summed E-state index contributed by atoms with van der Waals surface area (Å²) in [7, 11) is 0. The van der Waals surface area contributed by atoms with Crippen molar-refractivity contribution in [1.82, 2.24) is 20.5 Å². The van der Waals surface area contributed by atoms with Crippen molar-refractivity contribution in [3.63, 3.8) is 0 Å². The van der Waals surface area contributed by atoms with Crippen LogP contribution in [0.4, 0.5) is 0 Å². The van der Waals surface area contributed by atoms with Crippen LogP contribution in [0.3, 0.4) is 0 Å². The maximum Gasteiger partial charge on any atom is 0.305 e. The summed E-state index contributed by atoms with van der Waals surface area (Å²) in [4.78, 5) is 29.3. The number of hydrogen-bond donors (Lipinski definition) is 4. The summed E-state index contributed by atoms with van der Waals surface area (Å²) >= 11 is 1.12. The van der Waals surface area contributed by atoms with Crippen molar-refractivity contribution in [2.24, 2.45) is 5.41 Å². The number of amides is 1. The highest BCUT2D eigenvalue weighted by Gasteiger charge is 2.22. The fraction of sp³-hybridized carbons (Fsp3) is 0.517. The molecule has 0 saturated heterocycles. The van der Waals surface area contributed by atoms with Crippen LogP contribution in [-0.2, 0) is 16.6 Å². The number of phenols is 1. The van der Waals surface area contributed by atoms with Gasteiger partial charge < -0.3 is 25.6 Å². The predicted molar refractivity (Wildman–Crippen MR) is 154 cm³/mol. The Kier molecular flexibility index (Phi) is 9.93. The fourth-order valence-corrected chi connectivity index (χ4v) is 5.34. The summed E-state index contributed by atoms with van der Waals surface area (Å²) in [5.74, 6) is 0.263. The minimum Gasteiger partial charge on any atom is -0.506 e. The highest BCUT2D eigenvalue weighted by molar-refractivity contribution is 7.16. The Morgan fingerprint density at radius 3 is 2.43 bits per heavy atom. The van der Waals surface area contributed by atoms with Gasteiger partial charge in [0, 0.05) is 44.6 Å². The van der Waals surface area contributed by atoms with Crippen LogP contribution >= 0.6 is 11.3 Å². The van der Waals surface area contributed by atoms with E-state index in [0.29, 0.717) is 38.1 Å². The lowest BCUT2D eigenvalue weighted by Crippen LogP contribution is -2.43. The first-order valence-corrected chi connectivity index (χ1v) is 13.9. The molecule has 8 heteroatoms. The maximum absolute atomic E-state index is 13.1. The van der Waals surface area contributed by atoms with Crippen LogP contribution in [0.1, 0.15) is 52.2 Å². The number of carbonyl (C=O) groups is 1. The minimum atomic E-state index is -0.167. The van der Waals surface area contributed by atoms with E-state index in [0.717, 1.165) is 41.1 Å². The van der Waals surface area contributed by atoms with E-state index in [9.17, 15) is 14.7 Å². The van der Waals surface area contributed by atoms with Crippen LogP contribution in [0.25, 0.3) is 10.2 Å². The molecule has 0 bridgehead atoms. The van der Waals surface area contributed by atoms with E-state index in [1.807, 2.05) is 17.0 Å². The average molecular weight is 527 g/mol. The van der Waals surface area contributed by atoms with E-state index < -0.39 is 0 Å². The first-order valence-electron chi connectivity index (χ1n) is 13.0. The molecule has 37 heavy (non-hydrogen) atoms. The molecular formula is C29H42N4O3S. The van der Waals surface area contributed by atoms with Gasteiger partial charge >= 0.3 is 4.87 Å². The lowest BCUT2D eigenvalue weighted by atomic mass is 9.84. The molecule has 0 saturated carbocycles. The number of thiazole rings is 1. The molecule has 0 radical (unpaired) electrons. The zero-order chi connectivity index (χ0) is 27.1. The van der Waals surface area contributed by atoms with Gasteiger partial charge in [-0.3, -0.25) is 9.59 Å². The molecule has 0 aliphatic carbocycles. The molecule has 0 aliphatic rings. The van der Waals surface area contributed by atoms with E-state index in [1.54, 1.807) is 6.07 Å². The van der Waals surface area contributed by atoms with Crippen LogP contribution in [0.2, 0.25) is 0 Å². The minimum absolute atomic E-state index is 0.00119. The van der Waals surface area contributed by atoms with Crippen molar-refractivity contribution < 1.29 is 9.90 Å². The van der Waals surface area contributed by atoms with Crippen LogP contribution in [0, 0.1) is 5.41 Å². The quantitative estimate of drug-likeness (QED) is 0.250. The lowest BCUT2D eigenvalue weighted by Gasteiger charge is -2.31. The monoisotopic (exact) mass is 526 g/mol. The molecule has 0 atom stereocenters. The molecular weight excluding hydrogens is 484 g/mol. The molecule has 2 aromatic carbocycles. The summed E-state index contributed by atoms with van der Waals surface area (Å²) in [6, 6.07) is 13.9. The molecule has 0 aliphatic heterocycles. The van der Waals surface area contributed by atoms with Gasteiger partial charge in [0.15, 0.2) is 0 Å². The van der Waals surface area contributed by atoms with Crippen molar-refractivity contribution in [2.45, 2.75) is 52.9 Å². The van der Waals surface area contributed by atoms with E-state index >= 15 is 0 Å². The van der Waals surface area contributed by atoms with E-state index in [-0.39, 0.29) is 27.4 Å². The average Bonchev–Trinajstić information content (AvgIpc) is 3.24. The molecule has 7 nitrogen and oxygen atoms in total. The van der Waals surface area contributed by atoms with Gasteiger partial charge in [-0.1, -0.05) is 82.4 Å². The normalized spacial score (nSPS) is 12.2. The molecule has 0 fully saturated rings. The van der Waals surface area contributed by atoms with Gasteiger partial charge in [0.1, 0.15) is 11.3 Å². The van der Waals surface area contributed by atoms with E-state index in [1.165, 1.54) is 5.56 Å². The molecule has 1 heterocycles. The van der Waals surface area contributed by atoms with Gasteiger partial charge in [-0.15, -0.1) is 0 Å². The second kappa shape index (κ2) is 12.7. The van der Waals surface area contributed by atoms with Crippen molar-refractivity contribution in [2.75, 3.05) is 39.3 Å². The third-order valence-electron chi connectivity index (χ3n) is 6.42. The third kappa shape index (κ3) is 8.69. The molecule has 4 N–H and O–H groups in total. The number of aromatic hydroxyl groups is 1. The van der Waals surface area contributed by atoms with Crippen molar-refractivity contribution >= 4 is 27.5 Å². The fourth-order valence-electron chi connectivity index (χ4n) is 4.44. The molecule has 0 spiro atoms. The summed E-state index contributed by atoms with van der Waals surface area (Å²) in [5, 5.41) is 16.9. The molecule has 3 rings (SSSR count). The zero-order valence-corrected chi connectivity index (χ0v) is 23.6. The predicted octanol–water partition coefficient (Wildman–Crippen LogP) is 4.26. The number of carbonyl (C=O) groups excluding carboxylic acids is 1. The topological polar surface area (TPSA) is 97.5 Å². The number of aromatic amines is 1. The Hall–Kier alpha value is -2.68. The Balaban J connectivity index is 1.45. The standard InChI is InChI=1S/C29H42N4O3S/c1-28(2,3)20-33(24(35)14-16-31-19-29(4,5)22-9-7-6-8-10-22)18-17-30-15-13-21-11-12-23(34)25-26(21)37-27(36)32-25/h6-12,30-31,34H,13-20H2,1-5H3,(H,32,36). The first-order chi connectivity index (χ1) is 17.5. The number of nitrogens with zero attached hydrogens (tertiary/aromatic N) is 1. The largest absolute Gasteiger partial charge is 0.506 e. The van der Waals surface area contributed by atoms with E-state index in [2.05, 4.69) is 74.5 Å².